The van der Waals surface area contributed by atoms with Crippen molar-refractivity contribution in [2.45, 2.75) is 10.1 Å². The van der Waals surface area contributed by atoms with Gasteiger partial charge in [0.1, 0.15) is 9.90 Å². The summed E-state index contributed by atoms with van der Waals surface area (Å²) in [7, 11) is -3.46. The van der Waals surface area contributed by atoms with Gasteiger partial charge in [0.05, 0.1) is 15.9 Å². The van der Waals surface area contributed by atoms with Crippen molar-refractivity contribution in [2.24, 2.45) is 0 Å². The van der Waals surface area contributed by atoms with Crippen molar-refractivity contribution in [2.75, 3.05) is 13.1 Å². The highest BCUT2D eigenvalue weighted by Gasteiger charge is 2.41. The number of hydrogen-bond acceptors (Lipinski definition) is 8. The molecule has 124 valence electrons. The predicted molar refractivity (Wildman–Crippen MR) is 88.8 cm³/mol. The van der Waals surface area contributed by atoms with Crippen molar-refractivity contribution >= 4 is 37.3 Å². The summed E-state index contributed by atoms with van der Waals surface area (Å²) in [5.74, 6) is 0.650. The van der Waals surface area contributed by atoms with Crippen molar-refractivity contribution in [3.8, 4) is 11.5 Å². The van der Waals surface area contributed by atoms with Crippen LogP contribution in [0.25, 0.3) is 11.5 Å². The van der Waals surface area contributed by atoms with E-state index in [-0.39, 0.29) is 5.92 Å². The predicted octanol–water partition coefficient (Wildman–Crippen LogP) is 2.14. The lowest BCUT2D eigenvalue weighted by atomic mass is 10.0. The molecule has 0 N–H and O–H groups in total. The van der Waals surface area contributed by atoms with Crippen molar-refractivity contribution in [1.82, 2.24) is 24.4 Å². The van der Waals surface area contributed by atoms with E-state index in [1.54, 1.807) is 30.7 Å². The van der Waals surface area contributed by atoms with Crippen LogP contribution in [0.2, 0.25) is 0 Å². The zero-order valence-electron chi connectivity index (χ0n) is 12.0. The molecule has 0 aliphatic carbocycles. The molecule has 0 bridgehead atoms. The third-order valence-corrected chi connectivity index (χ3v) is 7.50. The third-order valence-electron chi connectivity index (χ3n) is 3.57. The van der Waals surface area contributed by atoms with E-state index in [1.165, 1.54) is 15.6 Å². The van der Waals surface area contributed by atoms with Crippen molar-refractivity contribution in [3.05, 3.63) is 40.4 Å². The Bertz CT molecular complexity index is 966. The molecule has 0 unspecified atom stereocenters. The number of rotatable bonds is 4. The molecule has 8 nitrogen and oxygen atoms in total. The summed E-state index contributed by atoms with van der Waals surface area (Å²) in [4.78, 5) is 12.3. The van der Waals surface area contributed by atoms with E-state index in [2.05, 4.69) is 36.0 Å². The zero-order chi connectivity index (χ0) is 16.7. The number of aromatic nitrogens is 4. The van der Waals surface area contributed by atoms with Gasteiger partial charge < -0.3 is 4.52 Å². The Hall–Kier alpha value is -1.69. The van der Waals surface area contributed by atoms with Gasteiger partial charge in [-0.15, -0.1) is 11.3 Å². The van der Waals surface area contributed by atoms with E-state index in [9.17, 15) is 8.42 Å². The highest BCUT2D eigenvalue weighted by molar-refractivity contribution is 9.11. The van der Waals surface area contributed by atoms with Gasteiger partial charge in [-0.1, -0.05) is 5.16 Å². The van der Waals surface area contributed by atoms with Crippen LogP contribution in [-0.2, 0) is 10.0 Å². The monoisotopic (exact) mass is 427 g/mol. The maximum Gasteiger partial charge on any atom is 0.252 e. The van der Waals surface area contributed by atoms with Crippen LogP contribution in [0.3, 0.4) is 0 Å². The van der Waals surface area contributed by atoms with Crippen LogP contribution in [0.15, 0.2) is 43.2 Å². The molecule has 3 aromatic rings. The molecule has 4 heterocycles. The Balaban J connectivity index is 1.47. The van der Waals surface area contributed by atoms with E-state index in [0.29, 0.717) is 34.7 Å². The number of sulfonamides is 1. The molecule has 11 heteroatoms. The fraction of sp³-hybridized carbons (Fsp3) is 0.231. The molecule has 0 aromatic carbocycles. The Kier molecular flexibility index (Phi) is 3.95. The second-order valence-corrected chi connectivity index (χ2v) is 9.75. The Morgan fingerprint density at radius 3 is 2.79 bits per heavy atom. The first-order valence-electron chi connectivity index (χ1n) is 6.89. The summed E-state index contributed by atoms with van der Waals surface area (Å²) in [5, 5.41) is 3.88. The van der Waals surface area contributed by atoms with Crippen LogP contribution in [0.1, 0.15) is 11.8 Å². The van der Waals surface area contributed by atoms with E-state index < -0.39 is 10.0 Å². The molecule has 0 amide bonds. The van der Waals surface area contributed by atoms with Crippen LogP contribution in [0, 0.1) is 0 Å². The van der Waals surface area contributed by atoms with Gasteiger partial charge >= 0.3 is 0 Å². The highest BCUT2D eigenvalue weighted by atomic mass is 79.9. The van der Waals surface area contributed by atoms with Crippen LogP contribution >= 0.6 is 27.3 Å². The molecule has 1 aliphatic heterocycles. The molecule has 1 aliphatic rings. The summed E-state index contributed by atoms with van der Waals surface area (Å²) in [5.41, 5.74) is 0.514. The van der Waals surface area contributed by atoms with Gasteiger partial charge in [0.25, 0.3) is 10.0 Å². The maximum atomic E-state index is 12.5. The van der Waals surface area contributed by atoms with Crippen molar-refractivity contribution in [3.63, 3.8) is 0 Å². The topological polar surface area (TPSA) is 102 Å². The van der Waals surface area contributed by atoms with Crippen LogP contribution in [0.4, 0.5) is 0 Å². The van der Waals surface area contributed by atoms with Gasteiger partial charge in [-0.05, 0) is 28.1 Å². The first-order chi connectivity index (χ1) is 11.5. The molecule has 0 saturated carbocycles. The standard InChI is InChI=1S/C13H10BrN5O3S2/c14-10-1-2-11(23-10)24(20,21)19-6-8(7-19)13-17-12(18-22-13)9-5-15-3-4-16-9/h1-5,8H,6-7H2. The summed E-state index contributed by atoms with van der Waals surface area (Å²) in [6.07, 6.45) is 4.64. The normalized spacial score (nSPS) is 16.2. The second-order valence-electron chi connectivity index (χ2n) is 5.12. The van der Waals surface area contributed by atoms with E-state index in [4.69, 9.17) is 4.52 Å². The van der Waals surface area contributed by atoms with Gasteiger partial charge in [0.15, 0.2) is 0 Å². The molecule has 24 heavy (non-hydrogen) atoms. The third kappa shape index (κ3) is 2.77. The zero-order valence-corrected chi connectivity index (χ0v) is 15.3. The minimum absolute atomic E-state index is 0.110. The maximum absolute atomic E-state index is 12.5. The molecule has 0 atom stereocenters. The first-order valence-corrected chi connectivity index (χ1v) is 9.94. The summed E-state index contributed by atoms with van der Waals surface area (Å²) < 4.78 is 32.7. The fourth-order valence-corrected chi connectivity index (χ4v) is 5.97. The average molecular weight is 428 g/mol. The summed E-state index contributed by atoms with van der Waals surface area (Å²) in [6, 6.07) is 3.32. The number of nitrogens with zero attached hydrogens (tertiary/aromatic N) is 5. The van der Waals surface area contributed by atoms with Gasteiger partial charge in [0.2, 0.25) is 11.7 Å². The lowest BCUT2D eigenvalue weighted by molar-refractivity contribution is 0.217. The lowest BCUT2D eigenvalue weighted by Gasteiger charge is -2.35. The van der Waals surface area contributed by atoms with E-state index in [1.807, 2.05) is 0 Å². The molecular weight excluding hydrogens is 418 g/mol. The minimum atomic E-state index is -3.46. The largest absolute Gasteiger partial charge is 0.339 e. The quantitative estimate of drug-likeness (QED) is 0.627. The average Bonchev–Trinajstić information content (AvgIpc) is 3.16. The smallest absolute Gasteiger partial charge is 0.252 e. The molecule has 1 saturated heterocycles. The Morgan fingerprint density at radius 2 is 2.12 bits per heavy atom. The van der Waals surface area contributed by atoms with Gasteiger partial charge in [-0.3, -0.25) is 4.98 Å². The number of thiophene rings is 1. The number of halogens is 1. The SMILES string of the molecule is O=S(=O)(c1ccc(Br)s1)N1CC(c2nc(-c3cnccn3)no2)C1. The molecular formula is C13H10BrN5O3S2. The summed E-state index contributed by atoms with van der Waals surface area (Å²) >= 11 is 4.47. The van der Waals surface area contributed by atoms with Crippen LogP contribution in [0.5, 0.6) is 0 Å². The highest BCUT2D eigenvalue weighted by Crippen LogP contribution is 2.35. The van der Waals surface area contributed by atoms with Crippen LogP contribution < -0.4 is 0 Å². The fourth-order valence-electron chi connectivity index (χ4n) is 2.27. The lowest BCUT2D eigenvalue weighted by Crippen LogP contribution is -2.48. The second kappa shape index (κ2) is 5.99. The molecule has 1 fully saturated rings. The first kappa shape index (κ1) is 15.8. The molecule has 0 radical (unpaired) electrons. The Morgan fingerprint density at radius 1 is 1.29 bits per heavy atom. The minimum Gasteiger partial charge on any atom is -0.339 e. The number of hydrogen-bond donors (Lipinski definition) is 0. The van der Waals surface area contributed by atoms with E-state index >= 15 is 0 Å². The van der Waals surface area contributed by atoms with E-state index in [0.717, 1.165) is 3.79 Å². The van der Waals surface area contributed by atoms with Crippen LogP contribution in [-0.4, -0.2) is 45.9 Å². The Labute approximate surface area is 149 Å². The molecule has 0 spiro atoms. The summed E-state index contributed by atoms with van der Waals surface area (Å²) in [6.45, 7) is 0.639. The van der Waals surface area contributed by atoms with Crippen molar-refractivity contribution < 1.29 is 12.9 Å². The molecule has 4 rings (SSSR count). The van der Waals surface area contributed by atoms with Gasteiger partial charge in [-0.2, -0.15) is 9.29 Å². The molecule has 3 aromatic heterocycles. The van der Waals surface area contributed by atoms with Gasteiger partial charge in [-0.25, -0.2) is 13.4 Å². The van der Waals surface area contributed by atoms with Gasteiger partial charge in [0, 0.05) is 25.5 Å². The van der Waals surface area contributed by atoms with Crippen molar-refractivity contribution in [1.29, 1.82) is 0 Å².